The Balaban J connectivity index is 0.00000289. The van der Waals surface area contributed by atoms with Crippen LogP contribution in [0.4, 0.5) is 5.69 Å². The molecule has 0 aliphatic carbocycles. The van der Waals surface area contributed by atoms with Crippen molar-refractivity contribution in [1.29, 1.82) is 0 Å². The van der Waals surface area contributed by atoms with Gasteiger partial charge >= 0.3 is 5.97 Å². The zero-order chi connectivity index (χ0) is 22.1. The number of fused-ring (bicyclic) bond motifs is 2. The molecule has 2 aromatic carbocycles. The van der Waals surface area contributed by atoms with E-state index in [0.29, 0.717) is 19.1 Å². The zero-order valence-electron chi connectivity index (χ0n) is 18.2. The Morgan fingerprint density at radius 1 is 1.16 bits per heavy atom. The van der Waals surface area contributed by atoms with Gasteiger partial charge in [-0.15, -0.1) is 12.4 Å². The minimum atomic E-state index is -0.135. The summed E-state index contributed by atoms with van der Waals surface area (Å²) in [5.74, 6) is 0.818. The number of esters is 1. The third-order valence-corrected chi connectivity index (χ3v) is 8.64. The van der Waals surface area contributed by atoms with E-state index in [1.54, 1.807) is 7.11 Å². The van der Waals surface area contributed by atoms with Crippen LogP contribution in [0.2, 0.25) is 0 Å². The van der Waals surface area contributed by atoms with E-state index in [1.807, 2.05) is 12.1 Å². The molecule has 0 aromatic heterocycles. The molecule has 2 heterocycles. The van der Waals surface area contributed by atoms with Crippen LogP contribution in [0.1, 0.15) is 36.3 Å². The molecule has 0 spiro atoms. The Hall–Kier alpha value is -0.780. The van der Waals surface area contributed by atoms with Gasteiger partial charge in [-0.1, -0.05) is 12.1 Å². The third-order valence-electron chi connectivity index (χ3n) is 6.86. The number of anilines is 1. The Kier molecular flexibility index (Phi) is 8.96. The van der Waals surface area contributed by atoms with Gasteiger partial charge in [0, 0.05) is 31.6 Å². The maximum atomic E-state index is 13.3. The molecule has 0 unspecified atom stereocenters. The van der Waals surface area contributed by atoms with E-state index in [9.17, 15) is 4.79 Å². The van der Waals surface area contributed by atoms with Crippen molar-refractivity contribution in [3.8, 4) is 5.75 Å². The zero-order valence-corrected chi connectivity index (χ0v) is 23.4. The molecule has 2 aliphatic rings. The number of nitrogens with zero attached hydrogens (tertiary/aromatic N) is 1. The molecule has 2 aliphatic heterocycles. The summed E-state index contributed by atoms with van der Waals surface area (Å²) in [6.07, 6.45) is 3.90. The van der Waals surface area contributed by atoms with Gasteiger partial charge in [0.2, 0.25) is 0 Å². The van der Waals surface area contributed by atoms with Crippen LogP contribution >= 0.6 is 57.6 Å². The second-order valence-electron chi connectivity index (χ2n) is 8.50. The van der Waals surface area contributed by atoms with E-state index in [4.69, 9.17) is 15.2 Å². The molecule has 32 heavy (non-hydrogen) atoms. The highest BCUT2D eigenvalue weighted by Crippen LogP contribution is 2.46. The predicted molar refractivity (Wildman–Crippen MR) is 147 cm³/mol. The first-order chi connectivity index (χ1) is 14.9. The first-order valence-corrected chi connectivity index (χ1v) is 12.8. The van der Waals surface area contributed by atoms with Crippen molar-refractivity contribution in [2.24, 2.45) is 5.92 Å². The molecule has 4 rings (SSSR count). The Morgan fingerprint density at radius 2 is 1.81 bits per heavy atom. The fourth-order valence-corrected chi connectivity index (χ4v) is 7.03. The average molecular weight is 683 g/mol. The van der Waals surface area contributed by atoms with E-state index < -0.39 is 0 Å². The molecule has 8 heteroatoms. The number of piperidine rings is 1. The van der Waals surface area contributed by atoms with Gasteiger partial charge in [-0.25, -0.2) is 0 Å². The van der Waals surface area contributed by atoms with Gasteiger partial charge in [-0.3, -0.25) is 9.69 Å². The highest BCUT2D eigenvalue weighted by Gasteiger charge is 2.49. The number of nitrogen functional groups attached to an aromatic ring is 1. The monoisotopic (exact) mass is 682 g/mol. The lowest BCUT2D eigenvalue weighted by molar-refractivity contribution is -0.153. The number of hydrogen-bond acceptors (Lipinski definition) is 5. The molecule has 2 N–H and O–H groups in total. The third kappa shape index (κ3) is 5.31. The molecule has 2 bridgehead atoms. The molecular formula is C24H29ClI2N2O3. The number of carbonyl (C=O) groups excluding carboxylic acids is 1. The van der Waals surface area contributed by atoms with Crippen LogP contribution < -0.4 is 10.5 Å². The first-order valence-electron chi connectivity index (χ1n) is 10.6. The Morgan fingerprint density at radius 3 is 2.44 bits per heavy atom. The van der Waals surface area contributed by atoms with Gasteiger partial charge in [0.05, 0.1) is 25.3 Å². The Bertz CT molecular complexity index is 934. The number of rotatable bonds is 6. The van der Waals surface area contributed by atoms with Gasteiger partial charge in [0.25, 0.3) is 0 Å². The summed E-state index contributed by atoms with van der Waals surface area (Å²) in [6, 6.07) is 13.1. The number of nitrogens with two attached hydrogens (primary N) is 1. The normalized spacial score (nSPS) is 24.6. The number of hydrogen-bond donors (Lipinski definition) is 1. The number of carbonyl (C=O) groups is 1. The molecule has 0 saturated carbocycles. The number of ether oxygens (including phenoxy) is 2. The fourth-order valence-electron chi connectivity index (χ4n) is 5.13. The van der Waals surface area contributed by atoms with Crippen LogP contribution in [-0.2, 0) is 16.0 Å². The maximum absolute atomic E-state index is 13.3. The predicted octanol–water partition coefficient (Wildman–Crippen LogP) is 5.26. The summed E-state index contributed by atoms with van der Waals surface area (Å²) < 4.78 is 13.3. The smallest absolute Gasteiger partial charge is 0.311 e. The van der Waals surface area contributed by atoms with E-state index in [0.717, 1.165) is 43.4 Å². The molecule has 0 radical (unpaired) electrons. The van der Waals surface area contributed by atoms with E-state index in [2.05, 4.69) is 81.4 Å². The van der Waals surface area contributed by atoms with Crippen molar-refractivity contribution in [1.82, 2.24) is 4.90 Å². The largest absolute Gasteiger partial charge is 0.497 e. The quantitative estimate of drug-likeness (QED) is 0.256. The second kappa shape index (κ2) is 11.1. The maximum Gasteiger partial charge on any atom is 0.311 e. The molecule has 174 valence electrons. The van der Waals surface area contributed by atoms with Gasteiger partial charge in [0.15, 0.2) is 0 Å². The van der Waals surface area contributed by atoms with Crippen LogP contribution in [0.3, 0.4) is 0 Å². The van der Waals surface area contributed by atoms with Gasteiger partial charge in [-0.2, -0.15) is 0 Å². The van der Waals surface area contributed by atoms with Crippen LogP contribution in [0.25, 0.3) is 0 Å². The second-order valence-corrected chi connectivity index (χ2v) is 10.8. The summed E-state index contributed by atoms with van der Waals surface area (Å²) >= 11 is 4.50. The van der Waals surface area contributed by atoms with Gasteiger partial charge in [-0.05, 0) is 107 Å². The van der Waals surface area contributed by atoms with E-state index in [-0.39, 0.29) is 36.3 Å². The van der Waals surface area contributed by atoms with Gasteiger partial charge in [0.1, 0.15) is 5.75 Å². The molecule has 0 amide bonds. The topological polar surface area (TPSA) is 64.8 Å². The van der Waals surface area contributed by atoms with Crippen LogP contribution in [0.5, 0.6) is 5.75 Å². The lowest BCUT2D eigenvalue weighted by atomic mass is 9.76. The minimum Gasteiger partial charge on any atom is -0.497 e. The summed E-state index contributed by atoms with van der Waals surface area (Å²) in [5.41, 5.74) is 9.21. The SMILES string of the molecule is COc1ccc([C@H]2C[C@H]3CC[C@H]([C@H]2C(=O)OCCc2cc(I)c(N)c(I)c2)N3C)cc1.Cl. The lowest BCUT2D eigenvalue weighted by Gasteiger charge is -2.42. The Labute approximate surface area is 223 Å². The molecule has 5 nitrogen and oxygen atoms in total. The number of methoxy groups -OCH3 is 1. The van der Waals surface area contributed by atoms with Crippen LogP contribution in [0.15, 0.2) is 36.4 Å². The molecular weight excluding hydrogens is 654 g/mol. The van der Waals surface area contributed by atoms with Crippen molar-refractivity contribution < 1.29 is 14.3 Å². The average Bonchev–Trinajstić information content (AvgIpc) is 2.99. The fraction of sp³-hybridized carbons (Fsp3) is 0.458. The summed E-state index contributed by atoms with van der Waals surface area (Å²) in [7, 11) is 3.83. The van der Waals surface area contributed by atoms with Crippen molar-refractivity contribution in [3.05, 3.63) is 54.7 Å². The van der Waals surface area contributed by atoms with Crippen molar-refractivity contribution in [2.75, 3.05) is 26.5 Å². The summed E-state index contributed by atoms with van der Waals surface area (Å²) in [4.78, 5) is 15.7. The van der Waals surface area contributed by atoms with Crippen molar-refractivity contribution >= 4 is 69.2 Å². The lowest BCUT2D eigenvalue weighted by Crippen LogP contribution is -2.49. The summed E-state index contributed by atoms with van der Waals surface area (Å²) in [6.45, 7) is 0.389. The van der Waals surface area contributed by atoms with Crippen LogP contribution in [0, 0.1) is 13.1 Å². The molecule has 2 fully saturated rings. The molecule has 2 aromatic rings. The van der Waals surface area contributed by atoms with E-state index >= 15 is 0 Å². The highest BCUT2D eigenvalue weighted by atomic mass is 127. The number of halogens is 3. The minimum absolute atomic E-state index is 0. The van der Waals surface area contributed by atoms with Gasteiger partial charge < -0.3 is 15.2 Å². The van der Waals surface area contributed by atoms with Crippen molar-refractivity contribution in [3.63, 3.8) is 0 Å². The van der Waals surface area contributed by atoms with Crippen molar-refractivity contribution in [2.45, 2.75) is 43.7 Å². The van der Waals surface area contributed by atoms with Crippen LogP contribution in [-0.4, -0.2) is 43.7 Å². The first kappa shape index (κ1) is 25.8. The summed E-state index contributed by atoms with van der Waals surface area (Å²) in [5, 5.41) is 0. The highest BCUT2D eigenvalue weighted by molar-refractivity contribution is 14.1. The standard InChI is InChI=1S/C24H28I2N2O3.ClH/c1-28-16-5-8-21(28)22(18(13-16)15-3-6-17(30-2)7-4-15)24(29)31-10-9-14-11-19(25)23(27)20(26)12-14;/h3-4,6-7,11-12,16,18,21-22H,5,8-10,13,27H2,1-2H3;1H/t16-,18-,21-,22+;/m1./s1. The molecule has 4 atom stereocenters. The molecule has 2 saturated heterocycles. The van der Waals surface area contributed by atoms with E-state index in [1.165, 1.54) is 5.56 Å². The number of benzene rings is 2.